The summed E-state index contributed by atoms with van der Waals surface area (Å²) in [5, 5.41) is 9.98. The van der Waals surface area contributed by atoms with E-state index in [2.05, 4.69) is 26.0 Å². The maximum atomic E-state index is 9.98. The van der Waals surface area contributed by atoms with Crippen LogP contribution < -0.4 is 0 Å². The van der Waals surface area contributed by atoms with Gasteiger partial charge in [0, 0.05) is 0 Å². The molecule has 110 valence electrons. The molecule has 3 saturated carbocycles. The summed E-state index contributed by atoms with van der Waals surface area (Å²) >= 11 is 0. The number of allylic oxidation sites excluding steroid dienone is 3. The van der Waals surface area contributed by atoms with Crippen molar-refractivity contribution >= 4 is 0 Å². The van der Waals surface area contributed by atoms with Gasteiger partial charge in [0.15, 0.2) is 0 Å². The second-order valence-electron chi connectivity index (χ2n) is 8.13. The quantitative estimate of drug-likeness (QED) is 0.689. The molecule has 0 aromatic heterocycles. The minimum atomic E-state index is -0.0906. The lowest BCUT2D eigenvalue weighted by Crippen LogP contribution is -2.42. The first kappa shape index (κ1) is 13.1. The highest BCUT2D eigenvalue weighted by molar-refractivity contribution is 5.37. The second kappa shape index (κ2) is 4.47. The molecule has 1 N–H and O–H groups in total. The molecule has 1 heteroatoms. The zero-order chi connectivity index (χ0) is 13.9. The van der Waals surface area contributed by atoms with Gasteiger partial charge in [0.05, 0.1) is 6.10 Å². The molecule has 4 aliphatic rings. The average Bonchev–Trinajstić information content (AvgIpc) is 2.82. The predicted molar refractivity (Wildman–Crippen MR) is 82.2 cm³/mol. The van der Waals surface area contributed by atoms with Crippen molar-refractivity contribution < 1.29 is 5.11 Å². The van der Waals surface area contributed by atoms with Gasteiger partial charge in [-0.2, -0.15) is 0 Å². The van der Waals surface area contributed by atoms with Crippen LogP contribution in [0.15, 0.2) is 23.3 Å². The van der Waals surface area contributed by atoms with Crippen LogP contribution in [0.25, 0.3) is 0 Å². The number of hydrogen-bond acceptors (Lipinski definition) is 1. The molecule has 0 bridgehead atoms. The van der Waals surface area contributed by atoms with Crippen molar-refractivity contribution in [1.29, 1.82) is 0 Å². The third-order valence-electron chi connectivity index (χ3n) is 7.23. The third kappa shape index (κ3) is 1.71. The number of rotatable bonds is 0. The average molecular weight is 272 g/mol. The molecule has 20 heavy (non-hydrogen) atoms. The number of hydrogen-bond donors (Lipinski definition) is 1. The van der Waals surface area contributed by atoms with Crippen LogP contribution in [0.1, 0.15) is 58.8 Å². The Morgan fingerprint density at radius 2 is 1.95 bits per heavy atom. The van der Waals surface area contributed by atoms with Crippen molar-refractivity contribution in [3.05, 3.63) is 23.3 Å². The lowest BCUT2D eigenvalue weighted by Gasteiger charge is -2.51. The van der Waals surface area contributed by atoms with E-state index in [1.54, 1.807) is 5.57 Å². The Labute approximate surface area is 123 Å². The van der Waals surface area contributed by atoms with Crippen molar-refractivity contribution in [1.82, 2.24) is 0 Å². The van der Waals surface area contributed by atoms with Crippen molar-refractivity contribution in [3.8, 4) is 0 Å². The van der Waals surface area contributed by atoms with Gasteiger partial charge in [0.25, 0.3) is 0 Å². The normalized spacial score (nSPS) is 50.6. The highest BCUT2D eigenvalue weighted by Gasteiger charge is 2.50. The molecule has 0 radical (unpaired) electrons. The summed E-state index contributed by atoms with van der Waals surface area (Å²) in [4.78, 5) is 0. The minimum absolute atomic E-state index is 0.0906. The van der Waals surface area contributed by atoms with Crippen LogP contribution in [0.5, 0.6) is 0 Å². The highest BCUT2D eigenvalue weighted by Crippen LogP contribution is 2.60. The zero-order valence-corrected chi connectivity index (χ0v) is 12.9. The van der Waals surface area contributed by atoms with E-state index in [0.717, 1.165) is 36.5 Å². The standard InChI is InChI=1S/C19H28O/c1-12-3-5-16-15(12)7-8-18-17(16)6-4-13-11-14(20)9-10-19(13,18)2/h4,6,12,14-16,18,20H,3,5,7-11H2,1-2H3. The summed E-state index contributed by atoms with van der Waals surface area (Å²) in [5.74, 6) is 3.56. The number of aliphatic hydroxyl groups is 1. The van der Waals surface area contributed by atoms with Crippen LogP contribution in [-0.2, 0) is 0 Å². The summed E-state index contributed by atoms with van der Waals surface area (Å²) in [5.41, 5.74) is 3.68. The first-order valence-electron chi connectivity index (χ1n) is 8.69. The lowest BCUT2D eigenvalue weighted by molar-refractivity contribution is 0.0716. The van der Waals surface area contributed by atoms with Gasteiger partial charge in [-0.25, -0.2) is 0 Å². The van der Waals surface area contributed by atoms with E-state index in [1.165, 1.54) is 37.7 Å². The van der Waals surface area contributed by atoms with E-state index in [4.69, 9.17) is 0 Å². The van der Waals surface area contributed by atoms with E-state index in [9.17, 15) is 5.11 Å². The maximum absolute atomic E-state index is 9.98. The monoisotopic (exact) mass is 272 g/mol. The first-order chi connectivity index (χ1) is 9.59. The van der Waals surface area contributed by atoms with Crippen molar-refractivity contribution in [2.24, 2.45) is 29.1 Å². The largest absolute Gasteiger partial charge is 0.393 e. The molecule has 0 aliphatic heterocycles. The zero-order valence-electron chi connectivity index (χ0n) is 12.9. The van der Waals surface area contributed by atoms with E-state index in [-0.39, 0.29) is 6.10 Å². The summed E-state index contributed by atoms with van der Waals surface area (Å²) in [6.45, 7) is 4.95. The van der Waals surface area contributed by atoms with Gasteiger partial charge in [-0.05, 0) is 74.0 Å². The summed E-state index contributed by atoms with van der Waals surface area (Å²) in [6.07, 6.45) is 13.6. The fraction of sp³-hybridized carbons (Fsp3) is 0.789. The first-order valence-corrected chi connectivity index (χ1v) is 8.69. The second-order valence-corrected chi connectivity index (χ2v) is 8.13. The Morgan fingerprint density at radius 3 is 2.80 bits per heavy atom. The van der Waals surface area contributed by atoms with Crippen LogP contribution in [0.4, 0.5) is 0 Å². The van der Waals surface area contributed by atoms with Gasteiger partial charge in [0.1, 0.15) is 0 Å². The highest BCUT2D eigenvalue weighted by atomic mass is 16.3. The van der Waals surface area contributed by atoms with Crippen molar-refractivity contribution in [3.63, 3.8) is 0 Å². The Hall–Kier alpha value is -0.560. The summed E-state index contributed by atoms with van der Waals surface area (Å²) in [6, 6.07) is 0. The Bertz CT molecular complexity index is 474. The molecule has 0 saturated heterocycles. The van der Waals surface area contributed by atoms with Crippen molar-refractivity contribution in [2.75, 3.05) is 0 Å². The summed E-state index contributed by atoms with van der Waals surface area (Å²) < 4.78 is 0. The minimum Gasteiger partial charge on any atom is -0.393 e. The smallest absolute Gasteiger partial charge is 0.0578 e. The van der Waals surface area contributed by atoms with E-state index in [1.807, 2.05) is 0 Å². The van der Waals surface area contributed by atoms with Gasteiger partial charge in [-0.15, -0.1) is 0 Å². The number of aliphatic hydroxyl groups excluding tert-OH is 1. The summed E-state index contributed by atoms with van der Waals surface area (Å²) in [7, 11) is 0. The van der Waals surface area contributed by atoms with Crippen molar-refractivity contribution in [2.45, 2.75) is 64.9 Å². The Morgan fingerprint density at radius 1 is 1.10 bits per heavy atom. The van der Waals surface area contributed by atoms with Crippen LogP contribution in [0, 0.1) is 29.1 Å². The maximum Gasteiger partial charge on any atom is 0.0578 e. The van der Waals surface area contributed by atoms with Gasteiger partial charge < -0.3 is 5.11 Å². The van der Waals surface area contributed by atoms with E-state index >= 15 is 0 Å². The molecule has 0 aromatic rings. The molecule has 0 spiro atoms. The molecule has 3 fully saturated rings. The van der Waals surface area contributed by atoms with Gasteiger partial charge in [0.2, 0.25) is 0 Å². The molecule has 4 rings (SSSR count). The van der Waals surface area contributed by atoms with Gasteiger partial charge >= 0.3 is 0 Å². The van der Waals surface area contributed by atoms with E-state index in [0.29, 0.717) is 5.41 Å². The van der Waals surface area contributed by atoms with Crippen LogP contribution in [-0.4, -0.2) is 11.2 Å². The molecule has 0 heterocycles. The lowest BCUT2D eigenvalue weighted by atomic mass is 9.53. The van der Waals surface area contributed by atoms with Crippen LogP contribution in [0.3, 0.4) is 0 Å². The molecule has 0 amide bonds. The molecular weight excluding hydrogens is 244 g/mol. The molecule has 1 nitrogen and oxygen atoms in total. The third-order valence-corrected chi connectivity index (χ3v) is 7.23. The van der Waals surface area contributed by atoms with E-state index < -0.39 is 0 Å². The molecule has 6 unspecified atom stereocenters. The number of fused-ring (bicyclic) bond motifs is 5. The molecule has 0 aromatic carbocycles. The Balaban J connectivity index is 1.71. The topological polar surface area (TPSA) is 20.2 Å². The Kier molecular flexibility index (Phi) is 2.93. The fourth-order valence-corrected chi connectivity index (χ4v) is 5.95. The van der Waals surface area contributed by atoms with Gasteiger partial charge in [-0.3, -0.25) is 0 Å². The van der Waals surface area contributed by atoms with Gasteiger partial charge in [-0.1, -0.05) is 37.1 Å². The molecule has 6 atom stereocenters. The molecule has 4 aliphatic carbocycles. The molecular formula is C19H28O. The van der Waals surface area contributed by atoms with Crippen LogP contribution in [0.2, 0.25) is 0 Å². The fourth-order valence-electron chi connectivity index (χ4n) is 5.95. The predicted octanol–water partition coefficient (Wildman–Crippen LogP) is 4.48. The SMILES string of the molecule is CC1CCC2C3=CC=C4CC(O)CCC4(C)C3CCC12. The van der Waals surface area contributed by atoms with Crippen LogP contribution >= 0.6 is 0 Å².